The third-order valence-electron chi connectivity index (χ3n) is 3.66. The Morgan fingerprint density at radius 3 is 2.82 bits per heavy atom. The molecule has 0 bridgehead atoms. The Morgan fingerprint density at radius 1 is 1.29 bits per heavy atom. The van der Waals surface area contributed by atoms with E-state index in [9.17, 15) is 0 Å². The minimum absolute atomic E-state index is 0.568. The highest BCUT2D eigenvalue weighted by Gasteiger charge is 2.34. The number of hydrogen-bond acceptors (Lipinski definition) is 3. The highest BCUT2D eigenvalue weighted by Crippen LogP contribution is 2.31. The van der Waals surface area contributed by atoms with E-state index in [1.165, 1.54) is 35.9 Å². The zero-order chi connectivity index (χ0) is 11.8. The first-order chi connectivity index (χ1) is 8.22. The maximum absolute atomic E-state index is 6.03. The van der Waals surface area contributed by atoms with Crippen molar-refractivity contribution in [3.05, 3.63) is 21.8 Å². The van der Waals surface area contributed by atoms with Gasteiger partial charge < -0.3 is 11.1 Å². The summed E-state index contributed by atoms with van der Waals surface area (Å²) in [6.07, 6.45) is 4.04. The quantitative estimate of drug-likeness (QED) is 0.655. The number of nitrogens with one attached hydrogen (secondary N) is 1. The Balaban J connectivity index is 1.63. The maximum Gasteiger partial charge on any atom is 0.0577 e. The van der Waals surface area contributed by atoms with Crippen molar-refractivity contribution in [2.24, 2.45) is 0 Å². The van der Waals surface area contributed by atoms with Gasteiger partial charge in [0.05, 0.1) is 11.4 Å². The second-order valence-corrected chi connectivity index (χ2v) is 6.33. The smallest absolute Gasteiger partial charge is 0.0577 e. The van der Waals surface area contributed by atoms with Gasteiger partial charge in [0.1, 0.15) is 0 Å². The SMILES string of the molecule is Nc1cc(I)ccc1NC1CCN(C2CC2)C1. The summed E-state index contributed by atoms with van der Waals surface area (Å²) in [7, 11) is 0. The number of halogens is 1. The van der Waals surface area contributed by atoms with Crippen molar-refractivity contribution in [1.29, 1.82) is 0 Å². The van der Waals surface area contributed by atoms with Crippen LogP contribution in [0.2, 0.25) is 0 Å². The number of likely N-dealkylation sites (tertiary alicyclic amines) is 1. The first-order valence-electron chi connectivity index (χ1n) is 6.28. The molecule has 0 spiro atoms. The van der Waals surface area contributed by atoms with Gasteiger partial charge in [-0.2, -0.15) is 0 Å². The second-order valence-electron chi connectivity index (χ2n) is 5.09. The summed E-state index contributed by atoms with van der Waals surface area (Å²) in [6.45, 7) is 2.42. The van der Waals surface area contributed by atoms with Crippen molar-refractivity contribution in [3.63, 3.8) is 0 Å². The molecule has 0 aromatic heterocycles. The number of hydrogen-bond donors (Lipinski definition) is 2. The number of nitrogens with zero attached hydrogens (tertiary/aromatic N) is 1. The van der Waals surface area contributed by atoms with E-state index < -0.39 is 0 Å². The van der Waals surface area contributed by atoms with Gasteiger partial charge in [-0.25, -0.2) is 0 Å². The molecule has 1 aromatic carbocycles. The van der Waals surface area contributed by atoms with Crippen LogP contribution in [-0.4, -0.2) is 30.1 Å². The molecule has 92 valence electrons. The van der Waals surface area contributed by atoms with E-state index in [0.717, 1.165) is 17.4 Å². The number of rotatable bonds is 3. The fourth-order valence-electron chi connectivity index (χ4n) is 2.56. The molecule has 1 atom stereocenters. The van der Waals surface area contributed by atoms with Gasteiger partial charge in [0, 0.05) is 28.7 Å². The van der Waals surface area contributed by atoms with Gasteiger partial charge >= 0.3 is 0 Å². The molecule has 1 heterocycles. The van der Waals surface area contributed by atoms with E-state index in [4.69, 9.17) is 5.73 Å². The lowest BCUT2D eigenvalue weighted by atomic mass is 10.2. The molecule has 3 N–H and O–H groups in total. The van der Waals surface area contributed by atoms with Gasteiger partial charge in [0.25, 0.3) is 0 Å². The standard InChI is InChI=1S/C13H18IN3/c14-9-1-4-13(12(15)7-9)16-10-5-6-17(8-10)11-2-3-11/h1,4,7,10-11,16H,2-3,5-6,8,15H2. The highest BCUT2D eigenvalue weighted by molar-refractivity contribution is 14.1. The molecule has 1 aromatic rings. The molecule has 4 heteroatoms. The molecule has 2 aliphatic rings. The average Bonchev–Trinajstić information content (AvgIpc) is 3.04. The summed E-state index contributed by atoms with van der Waals surface area (Å²) in [6, 6.07) is 7.68. The predicted octanol–water partition coefficient (Wildman–Crippen LogP) is 2.52. The zero-order valence-electron chi connectivity index (χ0n) is 9.82. The molecule has 1 saturated carbocycles. The summed E-state index contributed by atoms with van der Waals surface area (Å²) >= 11 is 2.29. The lowest BCUT2D eigenvalue weighted by Gasteiger charge is -2.17. The molecule has 17 heavy (non-hydrogen) atoms. The van der Waals surface area contributed by atoms with Crippen LogP contribution in [-0.2, 0) is 0 Å². The van der Waals surface area contributed by atoms with E-state index in [2.05, 4.69) is 44.9 Å². The minimum Gasteiger partial charge on any atom is -0.397 e. The van der Waals surface area contributed by atoms with E-state index in [1.54, 1.807) is 0 Å². The normalized spacial score (nSPS) is 25.1. The average molecular weight is 343 g/mol. The first-order valence-corrected chi connectivity index (χ1v) is 7.36. The van der Waals surface area contributed by atoms with Crippen LogP contribution in [0.5, 0.6) is 0 Å². The molecule has 3 nitrogen and oxygen atoms in total. The van der Waals surface area contributed by atoms with Gasteiger partial charge in [0.2, 0.25) is 0 Å². The van der Waals surface area contributed by atoms with Crippen molar-refractivity contribution in [2.45, 2.75) is 31.3 Å². The lowest BCUT2D eigenvalue weighted by Crippen LogP contribution is -2.27. The van der Waals surface area contributed by atoms with E-state index in [-0.39, 0.29) is 0 Å². The van der Waals surface area contributed by atoms with E-state index in [0.29, 0.717) is 6.04 Å². The fourth-order valence-corrected chi connectivity index (χ4v) is 3.08. The van der Waals surface area contributed by atoms with Gasteiger partial charge in [0.15, 0.2) is 0 Å². The van der Waals surface area contributed by atoms with Crippen LogP contribution in [0.4, 0.5) is 11.4 Å². The third kappa shape index (κ3) is 2.68. The lowest BCUT2D eigenvalue weighted by molar-refractivity contribution is 0.326. The van der Waals surface area contributed by atoms with Crippen molar-refractivity contribution in [2.75, 3.05) is 24.1 Å². The van der Waals surface area contributed by atoms with Crippen molar-refractivity contribution >= 4 is 34.0 Å². The Labute approximate surface area is 116 Å². The summed E-state index contributed by atoms with van der Waals surface area (Å²) in [4.78, 5) is 2.61. The van der Waals surface area contributed by atoms with Crippen LogP contribution in [0.15, 0.2) is 18.2 Å². The Bertz CT molecular complexity index is 417. The van der Waals surface area contributed by atoms with Crippen LogP contribution in [0.3, 0.4) is 0 Å². The maximum atomic E-state index is 6.03. The van der Waals surface area contributed by atoms with Crippen molar-refractivity contribution in [1.82, 2.24) is 4.90 Å². The molecule has 1 aliphatic carbocycles. The molecule has 0 radical (unpaired) electrons. The zero-order valence-corrected chi connectivity index (χ0v) is 12.0. The highest BCUT2D eigenvalue weighted by atomic mass is 127. The van der Waals surface area contributed by atoms with Gasteiger partial charge in [-0.05, 0) is 60.1 Å². The largest absolute Gasteiger partial charge is 0.397 e. The summed E-state index contributed by atoms with van der Waals surface area (Å²) in [5.41, 5.74) is 7.98. The van der Waals surface area contributed by atoms with E-state index >= 15 is 0 Å². The van der Waals surface area contributed by atoms with Crippen LogP contribution in [0.1, 0.15) is 19.3 Å². The van der Waals surface area contributed by atoms with Crippen LogP contribution in [0.25, 0.3) is 0 Å². The second kappa shape index (κ2) is 4.65. The minimum atomic E-state index is 0.568. The first kappa shape index (κ1) is 11.6. The number of nitrogens with two attached hydrogens (primary N) is 1. The molecule has 2 fully saturated rings. The van der Waals surface area contributed by atoms with Crippen LogP contribution >= 0.6 is 22.6 Å². The molecule has 3 rings (SSSR count). The van der Waals surface area contributed by atoms with Crippen LogP contribution in [0, 0.1) is 3.57 Å². The Hall–Kier alpha value is -0.490. The van der Waals surface area contributed by atoms with Crippen LogP contribution < -0.4 is 11.1 Å². The predicted molar refractivity (Wildman–Crippen MR) is 80.2 cm³/mol. The number of anilines is 2. The summed E-state index contributed by atoms with van der Waals surface area (Å²) < 4.78 is 1.19. The van der Waals surface area contributed by atoms with Gasteiger partial charge in [-0.15, -0.1) is 0 Å². The van der Waals surface area contributed by atoms with Gasteiger partial charge in [-0.1, -0.05) is 0 Å². The summed E-state index contributed by atoms with van der Waals surface area (Å²) in [5, 5.41) is 3.58. The molecular formula is C13H18IN3. The fraction of sp³-hybridized carbons (Fsp3) is 0.538. The molecule has 1 aliphatic heterocycles. The third-order valence-corrected chi connectivity index (χ3v) is 4.33. The molecule has 0 amide bonds. The Kier molecular flexibility index (Phi) is 3.17. The summed E-state index contributed by atoms with van der Waals surface area (Å²) in [5.74, 6) is 0. The van der Waals surface area contributed by atoms with Crippen molar-refractivity contribution < 1.29 is 0 Å². The monoisotopic (exact) mass is 343 g/mol. The molecule has 1 saturated heterocycles. The number of benzene rings is 1. The Morgan fingerprint density at radius 2 is 2.12 bits per heavy atom. The topological polar surface area (TPSA) is 41.3 Å². The van der Waals surface area contributed by atoms with Crippen molar-refractivity contribution in [3.8, 4) is 0 Å². The molecular weight excluding hydrogens is 325 g/mol. The molecule has 1 unspecified atom stereocenters. The van der Waals surface area contributed by atoms with Gasteiger partial charge in [-0.3, -0.25) is 4.90 Å². The number of nitrogen functional groups attached to an aromatic ring is 1. The van der Waals surface area contributed by atoms with E-state index in [1.807, 2.05) is 6.07 Å².